The Labute approximate surface area is 176 Å². The molecule has 0 heterocycles. The third kappa shape index (κ3) is 7.88. The van der Waals surface area contributed by atoms with Crippen molar-refractivity contribution < 1.29 is 31.6 Å². The first-order chi connectivity index (χ1) is 13.2. The monoisotopic (exact) mass is 412 g/mol. The second kappa shape index (κ2) is 13.7. The lowest BCUT2D eigenvalue weighted by molar-refractivity contribution is -0.926. The SMILES string of the molecule is CCCCCOc1cccc(NC(=O)O[C@@H]2CCCC[C@H]2[NH+](CC)CC)c1.[Cl-]. The van der Waals surface area contributed by atoms with Crippen LogP contribution >= 0.6 is 0 Å². The number of unbranched alkanes of at least 4 members (excludes halogenated alkanes) is 2. The maximum absolute atomic E-state index is 12.5. The van der Waals surface area contributed by atoms with Crippen LogP contribution in [0, 0.1) is 0 Å². The summed E-state index contributed by atoms with van der Waals surface area (Å²) in [5, 5.41) is 2.88. The van der Waals surface area contributed by atoms with Crippen molar-refractivity contribution in [2.75, 3.05) is 25.0 Å². The molecule has 0 saturated heterocycles. The molecule has 28 heavy (non-hydrogen) atoms. The van der Waals surface area contributed by atoms with Crippen LogP contribution in [0.1, 0.15) is 65.7 Å². The zero-order valence-corrected chi connectivity index (χ0v) is 18.4. The third-order valence-electron chi connectivity index (χ3n) is 5.49. The molecule has 6 heteroatoms. The lowest BCUT2D eigenvalue weighted by Gasteiger charge is -2.35. The Hall–Kier alpha value is -1.46. The number of rotatable bonds is 10. The van der Waals surface area contributed by atoms with Crippen molar-refractivity contribution in [3.8, 4) is 5.75 Å². The van der Waals surface area contributed by atoms with Crippen LogP contribution in [0.15, 0.2) is 24.3 Å². The number of hydrogen-bond donors (Lipinski definition) is 2. The highest BCUT2D eigenvalue weighted by atomic mass is 35.5. The molecule has 1 saturated carbocycles. The van der Waals surface area contributed by atoms with Gasteiger partial charge in [-0.15, -0.1) is 0 Å². The molecule has 1 amide bonds. The van der Waals surface area contributed by atoms with Gasteiger partial charge >= 0.3 is 6.09 Å². The van der Waals surface area contributed by atoms with Gasteiger partial charge in [-0.25, -0.2) is 4.79 Å². The minimum Gasteiger partial charge on any atom is -1.00 e. The molecule has 1 aliphatic rings. The van der Waals surface area contributed by atoms with Crippen molar-refractivity contribution in [2.24, 2.45) is 0 Å². The lowest BCUT2D eigenvalue weighted by atomic mass is 9.91. The Morgan fingerprint density at radius 3 is 2.61 bits per heavy atom. The van der Waals surface area contributed by atoms with E-state index in [9.17, 15) is 4.79 Å². The molecule has 2 N–H and O–H groups in total. The van der Waals surface area contributed by atoms with E-state index in [1.54, 1.807) is 0 Å². The maximum atomic E-state index is 12.5. The first kappa shape index (κ1) is 24.6. The lowest BCUT2D eigenvalue weighted by Crippen LogP contribution is -3.16. The third-order valence-corrected chi connectivity index (χ3v) is 5.49. The molecule has 0 radical (unpaired) electrons. The summed E-state index contributed by atoms with van der Waals surface area (Å²) in [7, 11) is 0. The van der Waals surface area contributed by atoms with Gasteiger partial charge in [-0.2, -0.15) is 0 Å². The van der Waals surface area contributed by atoms with Gasteiger partial charge in [0, 0.05) is 18.2 Å². The van der Waals surface area contributed by atoms with Crippen LogP contribution in [0.2, 0.25) is 0 Å². The zero-order valence-electron chi connectivity index (χ0n) is 17.6. The molecule has 5 nitrogen and oxygen atoms in total. The van der Waals surface area contributed by atoms with E-state index in [1.807, 2.05) is 24.3 Å². The number of hydrogen-bond acceptors (Lipinski definition) is 3. The summed E-state index contributed by atoms with van der Waals surface area (Å²) in [6, 6.07) is 7.96. The molecule has 1 aromatic carbocycles. The van der Waals surface area contributed by atoms with E-state index in [2.05, 4.69) is 26.1 Å². The summed E-state index contributed by atoms with van der Waals surface area (Å²) in [4.78, 5) is 14.0. The van der Waals surface area contributed by atoms with Crippen LogP contribution in [0.4, 0.5) is 10.5 Å². The van der Waals surface area contributed by atoms with Gasteiger partial charge in [-0.05, 0) is 51.7 Å². The fourth-order valence-corrected chi connectivity index (χ4v) is 3.97. The second-order valence-corrected chi connectivity index (χ2v) is 7.41. The summed E-state index contributed by atoms with van der Waals surface area (Å²) < 4.78 is 11.6. The molecule has 2 atom stereocenters. The molecule has 0 aromatic heterocycles. The van der Waals surface area contributed by atoms with Crippen molar-refractivity contribution in [3.63, 3.8) is 0 Å². The Kier molecular flexibility index (Phi) is 12.0. The fraction of sp³-hybridized carbons (Fsp3) is 0.682. The fourth-order valence-electron chi connectivity index (χ4n) is 3.97. The Bertz CT molecular complexity index is 566. The highest BCUT2D eigenvalue weighted by Gasteiger charge is 2.34. The number of quaternary nitrogens is 1. The molecular weight excluding hydrogens is 376 g/mol. The van der Waals surface area contributed by atoms with Crippen molar-refractivity contribution >= 4 is 11.8 Å². The number of carbonyl (C=O) groups is 1. The van der Waals surface area contributed by atoms with Gasteiger partial charge in [0.2, 0.25) is 0 Å². The molecule has 1 aliphatic carbocycles. The number of halogens is 1. The number of benzene rings is 1. The molecular formula is C22H37ClN2O3. The van der Waals surface area contributed by atoms with Crippen LogP contribution in [0.25, 0.3) is 0 Å². The molecule has 1 aromatic rings. The molecule has 0 spiro atoms. The summed E-state index contributed by atoms with van der Waals surface area (Å²) in [6.07, 6.45) is 7.49. The standard InChI is InChI=1S/C22H36N2O3.ClH/c1-4-7-10-16-26-19-13-11-12-18(17-19)23-22(25)27-21-15-9-8-14-20(21)24(5-2)6-3;/h11-13,17,20-21H,4-10,14-16H2,1-3H3,(H,23,25);1H/t20-,21-;/m1./s1. The predicted octanol–water partition coefficient (Wildman–Crippen LogP) is 1.04. The number of likely N-dealkylation sites (N-methyl/N-ethyl adjacent to an activating group) is 1. The van der Waals surface area contributed by atoms with E-state index in [1.165, 1.54) is 24.2 Å². The highest BCUT2D eigenvalue weighted by Crippen LogP contribution is 2.22. The number of carbonyl (C=O) groups excluding carboxylic acids is 1. The van der Waals surface area contributed by atoms with E-state index >= 15 is 0 Å². The normalized spacial score (nSPS) is 19.0. The number of anilines is 1. The van der Waals surface area contributed by atoms with Crippen LogP contribution < -0.4 is 27.4 Å². The average molecular weight is 413 g/mol. The highest BCUT2D eigenvalue weighted by molar-refractivity contribution is 5.85. The Balaban J connectivity index is 0.00000392. The Morgan fingerprint density at radius 2 is 1.89 bits per heavy atom. The predicted molar refractivity (Wildman–Crippen MR) is 110 cm³/mol. The average Bonchev–Trinajstić information content (AvgIpc) is 2.68. The van der Waals surface area contributed by atoms with Gasteiger partial charge in [0.25, 0.3) is 0 Å². The second-order valence-electron chi connectivity index (χ2n) is 7.41. The van der Waals surface area contributed by atoms with E-state index in [-0.39, 0.29) is 24.6 Å². The van der Waals surface area contributed by atoms with Gasteiger partial charge < -0.3 is 26.8 Å². The summed E-state index contributed by atoms with van der Waals surface area (Å²) in [5.41, 5.74) is 0.718. The van der Waals surface area contributed by atoms with Gasteiger partial charge in [0.1, 0.15) is 11.8 Å². The van der Waals surface area contributed by atoms with Crippen molar-refractivity contribution in [1.29, 1.82) is 0 Å². The van der Waals surface area contributed by atoms with Crippen molar-refractivity contribution in [2.45, 2.75) is 77.9 Å². The summed E-state index contributed by atoms with van der Waals surface area (Å²) in [5.74, 6) is 0.784. The molecule has 0 unspecified atom stereocenters. The molecule has 160 valence electrons. The first-order valence-corrected chi connectivity index (χ1v) is 10.7. The van der Waals surface area contributed by atoms with Crippen molar-refractivity contribution in [3.05, 3.63) is 24.3 Å². The number of ether oxygens (including phenoxy) is 2. The minimum atomic E-state index is -0.360. The molecule has 2 rings (SSSR count). The van der Waals surface area contributed by atoms with Crippen LogP contribution in [0.3, 0.4) is 0 Å². The van der Waals surface area contributed by atoms with Gasteiger partial charge in [0.05, 0.1) is 19.7 Å². The topological polar surface area (TPSA) is 52.0 Å². The summed E-state index contributed by atoms with van der Waals surface area (Å²) in [6.45, 7) is 9.43. The van der Waals surface area contributed by atoms with Crippen molar-refractivity contribution in [1.82, 2.24) is 0 Å². The minimum absolute atomic E-state index is 0. The van der Waals surface area contributed by atoms with Gasteiger partial charge in [0.15, 0.2) is 6.10 Å². The van der Waals surface area contributed by atoms with E-state index < -0.39 is 0 Å². The number of amides is 1. The van der Waals surface area contributed by atoms with E-state index in [0.29, 0.717) is 12.6 Å². The smallest absolute Gasteiger partial charge is 0.412 e. The molecule has 1 fully saturated rings. The largest absolute Gasteiger partial charge is 1.00 e. The first-order valence-electron chi connectivity index (χ1n) is 10.7. The summed E-state index contributed by atoms with van der Waals surface area (Å²) >= 11 is 0. The zero-order chi connectivity index (χ0) is 19.5. The van der Waals surface area contributed by atoms with E-state index in [0.717, 1.165) is 50.2 Å². The maximum Gasteiger partial charge on any atom is 0.412 e. The number of nitrogens with one attached hydrogen (secondary N) is 2. The Morgan fingerprint density at radius 1 is 1.14 bits per heavy atom. The van der Waals surface area contributed by atoms with Crippen LogP contribution in [-0.4, -0.2) is 37.9 Å². The van der Waals surface area contributed by atoms with E-state index in [4.69, 9.17) is 9.47 Å². The molecule has 0 aliphatic heterocycles. The molecule has 0 bridgehead atoms. The quantitative estimate of drug-likeness (QED) is 0.565. The van der Waals surface area contributed by atoms with Gasteiger partial charge in [-0.3, -0.25) is 5.32 Å². The van der Waals surface area contributed by atoms with Crippen LogP contribution in [-0.2, 0) is 4.74 Å². The van der Waals surface area contributed by atoms with Crippen LogP contribution in [0.5, 0.6) is 5.75 Å². The van der Waals surface area contributed by atoms with Gasteiger partial charge in [-0.1, -0.05) is 25.8 Å².